The van der Waals surface area contributed by atoms with Crippen molar-refractivity contribution in [3.63, 3.8) is 0 Å². The number of carbonyl (C=O) groups is 1. The summed E-state index contributed by atoms with van der Waals surface area (Å²) < 4.78 is 28.2. The molecule has 3 aromatic rings. The molecule has 3 rings (SSSR count). The Bertz CT molecular complexity index is 1150. The molecule has 30 heavy (non-hydrogen) atoms. The van der Waals surface area contributed by atoms with Gasteiger partial charge >= 0.3 is 0 Å². The molecule has 0 unspecified atom stereocenters. The molecule has 0 fully saturated rings. The molecule has 1 N–H and O–H groups in total. The monoisotopic (exact) mass is 422 g/mol. The van der Waals surface area contributed by atoms with E-state index in [1.807, 2.05) is 38.1 Å². The van der Waals surface area contributed by atoms with Gasteiger partial charge in [0.25, 0.3) is 15.9 Å². The lowest BCUT2D eigenvalue weighted by atomic mass is 10.1. The van der Waals surface area contributed by atoms with Crippen molar-refractivity contribution >= 4 is 27.3 Å². The summed E-state index contributed by atoms with van der Waals surface area (Å²) in [7, 11) is -3.82. The second-order valence-corrected chi connectivity index (χ2v) is 9.15. The Morgan fingerprint density at radius 1 is 0.900 bits per heavy atom. The van der Waals surface area contributed by atoms with E-state index >= 15 is 0 Å². The zero-order chi connectivity index (χ0) is 21.9. The molecule has 1 amide bonds. The van der Waals surface area contributed by atoms with Gasteiger partial charge in [-0.1, -0.05) is 30.3 Å². The molecule has 0 spiro atoms. The van der Waals surface area contributed by atoms with Crippen molar-refractivity contribution in [3.05, 3.63) is 89.0 Å². The average Bonchev–Trinajstić information content (AvgIpc) is 2.68. The van der Waals surface area contributed by atoms with Gasteiger partial charge in [-0.05, 0) is 80.8 Å². The average molecular weight is 423 g/mol. The first-order valence-electron chi connectivity index (χ1n) is 9.80. The fourth-order valence-electron chi connectivity index (χ4n) is 3.47. The highest BCUT2D eigenvalue weighted by molar-refractivity contribution is 7.92. The lowest BCUT2D eigenvalue weighted by Crippen LogP contribution is -2.31. The van der Waals surface area contributed by atoms with Gasteiger partial charge in [0.2, 0.25) is 0 Å². The summed E-state index contributed by atoms with van der Waals surface area (Å²) in [4.78, 5) is 12.9. The van der Waals surface area contributed by atoms with E-state index in [0.717, 1.165) is 11.1 Å². The number of carbonyl (C=O) groups excluding carboxylic acids is 1. The Balaban J connectivity index is 1.97. The third kappa shape index (κ3) is 4.54. The zero-order valence-electron chi connectivity index (χ0n) is 17.6. The van der Waals surface area contributed by atoms with Crippen molar-refractivity contribution in [1.29, 1.82) is 0 Å². The molecule has 156 valence electrons. The van der Waals surface area contributed by atoms with Gasteiger partial charge in [0.15, 0.2) is 0 Å². The number of nitrogens with zero attached hydrogens (tertiary/aromatic N) is 1. The van der Waals surface area contributed by atoms with E-state index in [1.54, 1.807) is 50.2 Å². The second kappa shape index (κ2) is 8.71. The van der Waals surface area contributed by atoms with Crippen LogP contribution in [0.5, 0.6) is 0 Å². The lowest BCUT2D eigenvalue weighted by molar-refractivity contribution is 0.102. The van der Waals surface area contributed by atoms with Crippen LogP contribution in [0.4, 0.5) is 11.4 Å². The molecule has 0 aliphatic carbocycles. The first kappa shape index (κ1) is 21.6. The van der Waals surface area contributed by atoms with Crippen molar-refractivity contribution in [2.24, 2.45) is 0 Å². The number of benzene rings is 3. The van der Waals surface area contributed by atoms with Crippen molar-refractivity contribution in [1.82, 2.24) is 0 Å². The number of anilines is 2. The highest BCUT2D eigenvalue weighted by Gasteiger charge is 2.26. The number of rotatable bonds is 6. The number of hydrogen-bond donors (Lipinski definition) is 1. The summed E-state index contributed by atoms with van der Waals surface area (Å²) in [6, 6.07) is 19.5. The molecule has 3 aromatic carbocycles. The normalized spacial score (nSPS) is 11.2. The first-order chi connectivity index (χ1) is 14.2. The van der Waals surface area contributed by atoms with Gasteiger partial charge in [0.1, 0.15) is 0 Å². The van der Waals surface area contributed by atoms with Gasteiger partial charge in [-0.25, -0.2) is 8.42 Å². The molecule has 5 nitrogen and oxygen atoms in total. The molecule has 0 saturated carbocycles. The predicted octanol–water partition coefficient (Wildman–Crippen LogP) is 5.08. The van der Waals surface area contributed by atoms with Crippen LogP contribution in [0, 0.1) is 20.8 Å². The van der Waals surface area contributed by atoms with Crippen LogP contribution in [0.1, 0.15) is 34.0 Å². The van der Waals surface area contributed by atoms with E-state index in [9.17, 15) is 13.2 Å². The predicted molar refractivity (Wildman–Crippen MR) is 122 cm³/mol. The van der Waals surface area contributed by atoms with Gasteiger partial charge in [0.05, 0.1) is 10.6 Å². The SMILES string of the molecule is CCN(c1ccccc1)S(=O)(=O)c1cc(C(=O)Nc2cc(C)cc(C)c2)ccc1C. The maximum Gasteiger partial charge on any atom is 0.264 e. The summed E-state index contributed by atoms with van der Waals surface area (Å²) in [5, 5.41) is 2.87. The van der Waals surface area contributed by atoms with Crippen LogP contribution in [0.2, 0.25) is 0 Å². The third-order valence-electron chi connectivity index (χ3n) is 4.83. The number of aryl methyl sites for hydroxylation is 3. The van der Waals surface area contributed by atoms with E-state index in [4.69, 9.17) is 0 Å². The molecular formula is C24H26N2O3S. The van der Waals surface area contributed by atoms with Gasteiger partial charge in [-0.3, -0.25) is 9.10 Å². The quantitative estimate of drug-likeness (QED) is 0.602. The second-order valence-electron chi connectivity index (χ2n) is 7.32. The number of amides is 1. The Kier molecular flexibility index (Phi) is 6.27. The van der Waals surface area contributed by atoms with Gasteiger partial charge < -0.3 is 5.32 Å². The molecule has 0 bridgehead atoms. The van der Waals surface area contributed by atoms with E-state index in [-0.39, 0.29) is 17.3 Å². The molecular weight excluding hydrogens is 396 g/mol. The number of para-hydroxylation sites is 1. The molecule has 0 heterocycles. The third-order valence-corrected chi connectivity index (χ3v) is 6.87. The van der Waals surface area contributed by atoms with Crippen molar-refractivity contribution in [2.75, 3.05) is 16.2 Å². The number of hydrogen-bond acceptors (Lipinski definition) is 3. The summed E-state index contributed by atoms with van der Waals surface area (Å²) in [5.74, 6) is -0.348. The topological polar surface area (TPSA) is 66.5 Å². The summed E-state index contributed by atoms with van der Waals surface area (Å²) >= 11 is 0. The van der Waals surface area contributed by atoms with E-state index in [2.05, 4.69) is 5.32 Å². The fraction of sp³-hybridized carbons (Fsp3) is 0.208. The van der Waals surface area contributed by atoms with Gasteiger partial charge in [-0.15, -0.1) is 0 Å². The highest BCUT2D eigenvalue weighted by atomic mass is 32.2. The Labute approximate surface area is 178 Å². The van der Waals surface area contributed by atoms with Crippen molar-refractivity contribution < 1.29 is 13.2 Å². The van der Waals surface area contributed by atoms with Crippen LogP contribution in [-0.2, 0) is 10.0 Å². The van der Waals surface area contributed by atoms with E-state index in [0.29, 0.717) is 22.5 Å². The van der Waals surface area contributed by atoms with Crippen LogP contribution in [0.15, 0.2) is 71.6 Å². The van der Waals surface area contributed by atoms with Crippen LogP contribution >= 0.6 is 0 Å². The Morgan fingerprint density at radius 3 is 2.13 bits per heavy atom. The van der Waals surface area contributed by atoms with Crippen LogP contribution < -0.4 is 9.62 Å². The molecule has 0 aliphatic heterocycles. The highest BCUT2D eigenvalue weighted by Crippen LogP contribution is 2.26. The zero-order valence-corrected chi connectivity index (χ0v) is 18.5. The minimum atomic E-state index is -3.82. The molecule has 0 radical (unpaired) electrons. The first-order valence-corrected chi connectivity index (χ1v) is 11.2. The summed E-state index contributed by atoms with van der Waals surface area (Å²) in [5.41, 5.74) is 4.24. The van der Waals surface area contributed by atoms with E-state index < -0.39 is 10.0 Å². The number of sulfonamides is 1. The summed E-state index contributed by atoms with van der Waals surface area (Å²) in [6.07, 6.45) is 0. The Morgan fingerprint density at radius 2 is 1.53 bits per heavy atom. The maximum absolute atomic E-state index is 13.4. The smallest absolute Gasteiger partial charge is 0.264 e. The Hall–Kier alpha value is -3.12. The van der Waals surface area contributed by atoms with Crippen molar-refractivity contribution in [3.8, 4) is 0 Å². The molecule has 0 aliphatic rings. The van der Waals surface area contributed by atoms with Gasteiger partial charge in [-0.2, -0.15) is 0 Å². The molecule has 6 heteroatoms. The lowest BCUT2D eigenvalue weighted by Gasteiger charge is -2.24. The van der Waals surface area contributed by atoms with Crippen molar-refractivity contribution in [2.45, 2.75) is 32.6 Å². The standard InChI is InChI=1S/C24H26N2O3S/c1-5-26(22-9-7-6-8-10-22)30(28,29)23-16-20(12-11-19(23)4)24(27)25-21-14-17(2)13-18(3)15-21/h6-16H,5H2,1-4H3,(H,25,27). The molecule has 0 atom stereocenters. The van der Waals surface area contributed by atoms with Crippen LogP contribution in [0.25, 0.3) is 0 Å². The molecule has 0 aromatic heterocycles. The fourth-order valence-corrected chi connectivity index (χ4v) is 5.20. The number of nitrogens with one attached hydrogen (secondary N) is 1. The summed E-state index contributed by atoms with van der Waals surface area (Å²) in [6.45, 7) is 7.73. The molecule has 0 saturated heterocycles. The minimum Gasteiger partial charge on any atom is -0.322 e. The minimum absolute atomic E-state index is 0.126. The van der Waals surface area contributed by atoms with E-state index in [1.165, 1.54) is 10.4 Å². The van der Waals surface area contributed by atoms with Crippen LogP contribution in [-0.4, -0.2) is 20.9 Å². The maximum atomic E-state index is 13.4. The van der Waals surface area contributed by atoms with Gasteiger partial charge in [0, 0.05) is 17.8 Å². The largest absolute Gasteiger partial charge is 0.322 e. The van der Waals surface area contributed by atoms with Crippen LogP contribution in [0.3, 0.4) is 0 Å².